The van der Waals surface area contributed by atoms with E-state index in [4.69, 9.17) is 0 Å². The third kappa shape index (κ3) is 4.69. The van der Waals surface area contributed by atoms with Crippen molar-refractivity contribution >= 4 is 28.3 Å². The summed E-state index contributed by atoms with van der Waals surface area (Å²) in [4.78, 5) is 38.6. The van der Waals surface area contributed by atoms with E-state index < -0.39 is 35.3 Å². The largest absolute Gasteiger partial charge is 0.434 e. The van der Waals surface area contributed by atoms with Crippen LogP contribution in [-0.2, 0) is 11.0 Å². The van der Waals surface area contributed by atoms with Gasteiger partial charge < -0.3 is 10.2 Å². The summed E-state index contributed by atoms with van der Waals surface area (Å²) in [5, 5.41) is 4.83. The van der Waals surface area contributed by atoms with Crippen molar-refractivity contribution in [1.29, 1.82) is 0 Å². The number of carbonyl (C=O) groups excluding carboxylic acids is 2. The number of halogens is 3. The summed E-state index contributed by atoms with van der Waals surface area (Å²) in [6.07, 6.45) is -0.0324. The molecule has 4 aromatic rings. The van der Waals surface area contributed by atoms with Gasteiger partial charge in [0.05, 0.1) is 11.3 Å². The van der Waals surface area contributed by atoms with Crippen molar-refractivity contribution in [3.63, 3.8) is 0 Å². The fourth-order valence-corrected chi connectivity index (χ4v) is 4.64. The topological polar surface area (TPSA) is 88.1 Å². The number of anilines is 1. The highest BCUT2D eigenvalue weighted by molar-refractivity contribution is 7.14. The number of thiazole rings is 1. The van der Waals surface area contributed by atoms with Gasteiger partial charge in [0.1, 0.15) is 6.04 Å². The molecule has 7 nitrogen and oxygen atoms in total. The van der Waals surface area contributed by atoms with Gasteiger partial charge >= 0.3 is 6.18 Å². The molecular formula is C25H18F3N5O2S. The molecule has 1 atom stereocenters. The third-order valence-electron chi connectivity index (χ3n) is 5.80. The van der Waals surface area contributed by atoms with E-state index in [0.717, 1.165) is 33.9 Å². The Balaban J connectivity index is 1.29. The minimum atomic E-state index is -4.78. The molecule has 1 aliphatic rings. The maximum atomic E-state index is 13.3. The standard InChI is InChI=1S/C25H18F3N5O2S/c26-25(27,28)21-18(5-2-9-30-21)23(35)33-12-8-20(33)22(34)32-24-31-19(14-36-24)17-4-1-3-16(13-17)15-6-10-29-11-7-15/h1-7,9-11,13-14,20H,8,12H2,(H,31,32,34). The quantitative estimate of drug-likeness (QED) is 0.403. The highest BCUT2D eigenvalue weighted by atomic mass is 32.1. The zero-order chi connectivity index (χ0) is 25.3. The van der Waals surface area contributed by atoms with Crippen LogP contribution in [0.25, 0.3) is 22.4 Å². The van der Waals surface area contributed by atoms with Gasteiger partial charge in [-0.25, -0.2) is 4.98 Å². The maximum absolute atomic E-state index is 13.3. The van der Waals surface area contributed by atoms with Crippen molar-refractivity contribution in [2.24, 2.45) is 0 Å². The number of alkyl halides is 3. The second kappa shape index (κ2) is 9.50. The molecule has 1 unspecified atom stereocenters. The predicted octanol–water partition coefficient (Wildman–Crippen LogP) is 5.14. The molecule has 182 valence electrons. The van der Waals surface area contributed by atoms with Crippen LogP contribution in [0.4, 0.5) is 18.3 Å². The smallest absolute Gasteiger partial charge is 0.326 e. The van der Waals surface area contributed by atoms with E-state index >= 15 is 0 Å². The van der Waals surface area contributed by atoms with Gasteiger partial charge in [0.25, 0.3) is 5.91 Å². The Bertz CT molecular complexity index is 1420. The summed E-state index contributed by atoms with van der Waals surface area (Å²) >= 11 is 1.22. The fourth-order valence-electron chi connectivity index (χ4n) is 3.92. The zero-order valence-electron chi connectivity index (χ0n) is 18.6. The van der Waals surface area contributed by atoms with E-state index in [1.165, 1.54) is 17.4 Å². The van der Waals surface area contributed by atoms with Crippen LogP contribution in [0.3, 0.4) is 0 Å². The number of benzene rings is 1. The summed E-state index contributed by atoms with van der Waals surface area (Å²) < 4.78 is 39.8. The summed E-state index contributed by atoms with van der Waals surface area (Å²) in [7, 11) is 0. The third-order valence-corrected chi connectivity index (χ3v) is 6.55. The van der Waals surface area contributed by atoms with E-state index in [0.29, 0.717) is 17.2 Å². The number of nitrogens with one attached hydrogen (secondary N) is 1. The number of hydrogen-bond donors (Lipinski definition) is 1. The second-order valence-electron chi connectivity index (χ2n) is 8.04. The first-order valence-corrected chi connectivity index (χ1v) is 11.8. The van der Waals surface area contributed by atoms with E-state index in [1.807, 2.05) is 36.4 Å². The van der Waals surface area contributed by atoms with Crippen LogP contribution in [0.15, 0.2) is 72.5 Å². The van der Waals surface area contributed by atoms with E-state index in [1.54, 1.807) is 17.8 Å². The van der Waals surface area contributed by atoms with Gasteiger partial charge in [-0.05, 0) is 47.9 Å². The van der Waals surface area contributed by atoms with Gasteiger partial charge in [0.15, 0.2) is 10.8 Å². The van der Waals surface area contributed by atoms with Gasteiger partial charge in [-0.15, -0.1) is 11.3 Å². The molecule has 1 saturated heterocycles. The monoisotopic (exact) mass is 509 g/mol. The SMILES string of the molecule is O=C(Nc1nc(-c2cccc(-c3ccncc3)c2)cs1)C1CCN1C(=O)c1cccnc1C(F)(F)F. The molecule has 0 saturated carbocycles. The Morgan fingerprint density at radius 2 is 1.78 bits per heavy atom. The molecule has 0 spiro atoms. The van der Waals surface area contributed by atoms with Crippen molar-refractivity contribution in [2.45, 2.75) is 18.6 Å². The number of nitrogens with zero attached hydrogens (tertiary/aromatic N) is 4. The van der Waals surface area contributed by atoms with Crippen LogP contribution in [0.1, 0.15) is 22.5 Å². The van der Waals surface area contributed by atoms with E-state index in [9.17, 15) is 22.8 Å². The average molecular weight is 510 g/mol. The molecule has 4 heterocycles. The predicted molar refractivity (Wildman–Crippen MR) is 128 cm³/mol. The Morgan fingerprint density at radius 3 is 2.50 bits per heavy atom. The molecule has 0 radical (unpaired) electrons. The van der Waals surface area contributed by atoms with Crippen molar-refractivity contribution in [3.05, 3.63) is 83.8 Å². The maximum Gasteiger partial charge on any atom is 0.434 e. The van der Waals surface area contributed by atoms with Crippen molar-refractivity contribution < 1.29 is 22.8 Å². The average Bonchev–Trinajstić information content (AvgIpc) is 3.32. The molecule has 1 fully saturated rings. The molecule has 1 aromatic carbocycles. The number of likely N-dealkylation sites (tertiary alicyclic amines) is 1. The summed E-state index contributed by atoms with van der Waals surface area (Å²) in [6, 6.07) is 13.0. The lowest BCUT2D eigenvalue weighted by Crippen LogP contribution is -2.57. The Kier molecular flexibility index (Phi) is 6.23. The van der Waals surface area contributed by atoms with Crippen molar-refractivity contribution in [1.82, 2.24) is 19.9 Å². The van der Waals surface area contributed by atoms with Gasteiger partial charge in [-0.1, -0.05) is 18.2 Å². The first kappa shape index (κ1) is 23.6. The Morgan fingerprint density at radius 1 is 1.00 bits per heavy atom. The molecule has 11 heteroatoms. The van der Waals surface area contributed by atoms with Crippen molar-refractivity contribution in [2.75, 3.05) is 11.9 Å². The molecule has 0 aliphatic carbocycles. The van der Waals surface area contributed by atoms with Crippen LogP contribution in [0, 0.1) is 0 Å². The molecular weight excluding hydrogens is 491 g/mol. The van der Waals surface area contributed by atoms with Gasteiger partial charge in [0, 0.05) is 36.1 Å². The molecule has 1 N–H and O–H groups in total. The lowest BCUT2D eigenvalue weighted by atomic mass is 9.99. The number of hydrogen-bond acceptors (Lipinski definition) is 6. The second-order valence-corrected chi connectivity index (χ2v) is 8.90. The molecule has 3 aromatic heterocycles. The van der Waals surface area contributed by atoms with Crippen LogP contribution in [0.2, 0.25) is 0 Å². The van der Waals surface area contributed by atoms with Crippen LogP contribution < -0.4 is 5.32 Å². The van der Waals surface area contributed by atoms with Gasteiger partial charge in [0.2, 0.25) is 5.91 Å². The van der Waals surface area contributed by atoms with Crippen molar-refractivity contribution in [3.8, 4) is 22.4 Å². The molecule has 2 amide bonds. The number of amides is 2. The molecule has 1 aliphatic heterocycles. The van der Waals surface area contributed by atoms with E-state index in [-0.39, 0.29) is 6.54 Å². The normalized spacial score (nSPS) is 15.3. The lowest BCUT2D eigenvalue weighted by Gasteiger charge is -2.39. The fraction of sp³-hybridized carbons (Fsp3) is 0.160. The van der Waals surface area contributed by atoms with Gasteiger partial charge in [-0.2, -0.15) is 13.2 Å². The highest BCUT2D eigenvalue weighted by Crippen LogP contribution is 2.33. The van der Waals surface area contributed by atoms with Gasteiger partial charge in [-0.3, -0.25) is 19.6 Å². The number of rotatable bonds is 5. The molecule has 0 bridgehead atoms. The number of carbonyl (C=O) groups is 2. The summed E-state index contributed by atoms with van der Waals surface area (Å²) in [5.41, 5.74) is 1.68. The number of aromatic nitrogens is 3. The first-order valence-electron chi connectivity index (χ1n) is 10.9. The van der Waals surface area contributed by atoms with Crippen LogP contribution in [-0.4, -0.2) is 44.3 Å². The highest BCUT2D eigenvalue weighted by Gasteiger charge is 2.43. The molecule has 36 heavy (non-hydrogen) atoms. The van der Waals surface area contributed by atoms with Crippen LogP contribution in [0.5, 0.6) is 0 Å². The first-order chi connectivity index (χ1) is 17.3. The minimum absolute atomic E-state index is 0.175. The summed E-state index contributed by atoms with van der Waals surface area (Å²) in [5.74, 6) is -1.38. The minimum Gasteiger partial charge on any atom is -0.326 e. The van der Waals surface area contributed by atoms with E-state index in [2.05, 4.69) is 20.3 Å². The zero-order valence-corrected chi connectivity index (χ0v) is 19.4. The Hall–Kier alpha value is -4.12. The lowest BCUT2D eigenvalue weighted by molar-refractivity contribution is -0.141. The summed E-state index contributed by atoms with van der Waals surface area (Å²) in [6.45, 7) is 0.175. The van der Waals surface area contributed by atoms with Crippen LogP contribution >= 0.6 is 11.3 Å². The Labute approximate surface area is 207 Å². The number of pyridine rings is 2. The molecule has 5 rings (SSSR count).